The molecule has 4 aromatic heterocycles. The number of fused-ring (bicyclic) bond motifs is 3. The third-order valence-electron chi connectivity index (χ3n) is 5.06. The molecule has 0 saturated heterocycles. The summed E-state index contributed by atoms with van der Waals surface area (Å²) in [6.07, 6.45) is 5.23. The van der Waals surface area contributed by atoms with Crippen molar-refractivity contribution in [3.63, 3.8) is 0 Å². The normalized spacial score (nSPS) is 11.5. The van der Waals surface area contributed by atoms with Crippen LogP contribution in [0.5, 0.6) is 0 Å². The van der Waals surface area contributed by atoms with Gasteiger partial charge < -0.3 is 0 Å². The second-order valence-electron chi connectivity index (χ2n) is 6.76. The van der Waals surface area contributed by atoms with E-state index in [0.29, 0.717) is 5.82 Å². The smallest absolute Gasteiger partial charge is 0.182 e. The van der Waals surface area contributed by atoms with Crippen molar-refractivity contribution >= 4 is 16.7 Å². The predicted molar refractivity (Wildman–Crippen MR) is 105 cm³/mol. The minimum Gasteiger partial charge on any atom is -0.298 e. The van der Waals surface area contributed by atoms with E-state index < -0.39 is 0 Å². The number of aryl methyl sites for hydroxylation is 2. The van der Waals surface area contributed by atoms with Crippen LogP contribution in [-0.2, 0) is 0 Å². The molecule has 0 bridgehead atoms. The molecule has 0 N–H and O–H groups in total. The van der Waals surface area contributed by atoms with Crippen molar-refractivity contribution < 1.29 is 0 Å². The van der Waals surface area contributed by atoms with Gasteiger partial charge in [0.1, 0.15) is 6.33 Å². The molecule has 4 heterocycles. The molecule has 0 atom stereocenters. The van der Waals surface area contributed by atoms with E-state index in [0.717, 1.165) is 39.2 Å². The first kappa shape index (κ1) is 15.7. The molecule has 132 valence electrons. The van der Waals surface area contributed by atoms with E-state index in [2.05, 4.69) is 59.7 Å². The van der Waals surface area contributed by atoms with Crippen LogP contribution in [0.15, 0.2) is 55.1 Å². The van der Waals surface area contributed by atoms with Gasteiger partial charge in [-0.05, 0) is 50.6 Å². The monoisotopic (exact) mass is 354 g/mol. The molecule has 1 aromatic carbocycles. The second kappa shape index (κ2) is 5.74. The van der Waals surface area contributed by atoms with E-state index in [9.17, 15) is 0 Å². The summed E-state index contributed by atoms with van der Waals surface area (Å²) in [5.74, 6) is 0.673. The molecule has 6 nitrogen and oxygen atoms in total. The molecule has 0 aliphatic rings. The molecule has 0 spiro atoms. The van der Waals surface area contributed by atoms with Crippen LogP contribution in [-0.4, -0.2) is 29.1 Å². The fourth-order valence-electron chi connectivity index (χ4n) is 3.49. The van der Waals surface area contributed by atoms with Crippen LogP contribution < -0.4 is 0 Å². The number of benzene rings is 1. The Balaban J connectivity index is 1.80. The zero-order chi connectivity index (χ0) is 18.5. The Labute approximate surface area is 156 Å². The Morgan fingerprint density at radius 3 is 2.33 bits per heavy atom. The average Bonchev–Trinajstić information content (AvgIpc) is 3.23. The second-order valence-corrected chi connectivity index (χ2v) is 6.76. The lowest BCUT2D eigenvalue weighted by atomic mass is 10.2. The first-order valence-corrected chi connectivity index (χ1v) is 8.84. The number of nitrogens with zero attached hydrogens (tertiary/aromatic N) is 6. The molecule has 0 radical (unpaired) electrons. The summed E-state index contributed by atoms with van der Waals surface area (Å²) in [7, 11) is 0. The standard InChI is InChI=1S/C21H18N6/c1-13-4-6-17(7-5-13)27-15(3)14(2)18-20(27)23-12-26-21(18)24-19(25-26)16-8-10-22-11-9-16/h4-12H,1-3H3. The van der Waals surface area contributed by atoms with Crippen LogP contribution in [0.25, 0.3) is 33.8 Å². The van der Waals surface area contributed by atoms with E-state index >= 15 is 0 Å². The maximum absolute atomic E-state index is 4.80. The highest BCUT2D eigenvalue weighted by Gasteiger charge is 2.19. The van der Waals surface area contributed by atoms with Gasteiger partial charge >= 0.3 is 0 Å². The molecule has 0 amide bonds. The van der Waals surface area contributed by atoms with E-state index in [1.54, 1.807) is 23.2 Å². The molecule has 5 aromatic rings. The number of hydrogen-bond donors (Lipinski definition) is 0. The first-order chi connectivity index (χ1) is 13.1. The van der Waals surface area contributed by atoms with Crippen molar-refractivity contribution in [2.45, 2.75) is 20.8 Å². The van der Waals surface area contributed by atoms with Crippen molar-refractivity contribution in [2.75, 3.05) is 0 Å². The maximum Gasteiger partial charge on any atom is 0.182 e. The Kier molecular flexibility index (Phi) is 3.33. The summed E-state index contributed by atoms with van der Waals surface area (Å²) in [6, 6.07) is 12.3. The van der Waals surface area contributed by atoms with Gasteiger partial charge in [0.2, 0.25) is 0 Å². The van der Waals surface area contributed by atoms with Crippen molar-refractivity contribution in [1.29, 1.82) is 0 Å². The molecule has 0 unspecified atom stereocenters. The molecule has 27 heavy (non-hydrogen) atoms. The van der Waals surface area contributed by atoms with Crippen LogP contribution in [0.3, 0.4) is 0 Å². The van der Waals surface area contributed by atoms with E-state index in [-0.39, 0.29) is 0 Å². The quantitative estimate of drug-likeness (QED) is 0.480. The minimum atomic E-state index is 0.673. The summed E-state index contributed by atoms with van der Waals surface area (Å²) < 4.78 is 3.94. The highest BCUT2D eigenvalue weighted by Crippen LogP contribution is 2.30. The van der Waals surface area contributed by atoms with E-state index in [1.165, 1.54) is 5.56 Å². The number of pyridine rings is 1. The van der Waals surface area contributed by atoms with Gasteiger partial charge in [-0.15, -0.1) is 5.10 Å². The number of aromatic nitrogens is 6. The Morgan fingerprint density at radius 1 is 0.852 bits per heavy atom. The Morgan fingerprint density at radius 2 is 1.59 bits per heavy atom. The highest BCUT2D eigenvalue weighted by atomic mass is 15.3. The van der Waals surface area contributed by atoms with Gasteiger partial charge in [-0.2, -0.15) is 0 Å². The third kappa shape index (κ3) is 2.33. The first-order valence-electron chi connectivity index (χ1n) is 8.84. The van der Waals surface area contributed by atoms with Crippen LogP contribution in [0.1, 0.15) is 16.8 Å². The van der Waals surface area contributed by atoms with Crippen LogP contribution in [0, 0.1) is 20.8 Å². The van der Waals surface area contributed by atoms with Gasteiger partial charge in [0.05, 0.1) is 5.39 Å². The third-order valence-corrected chi connectivity index (χ3v) is 5.06. The average molecular weight is 354 g/mol. The number of rotatable bonds is 2. The summed E-state index contributed by atoms with van der Waals surface area (Å²) >= 11 is 0. The molecule has 0 saturated carbocycles. The van der Waals surface area contributed by atoms with Crippen molar-refractivity contribution in [2.24, 2.45) is 0 Å². The largest absolute Gasteiger partial charge is 0.298 e. The van der Waals surface area contributed by atoms with Gasteiger partial charge in [0.25, 0.3) is 0 Å². The zero-order valence-electron chi connectivity index (χ0n) is 15.4. The SMILES string of the molecule is Cc1ccc(-n2c(C)c(C)c3c2ncn2nc(-c4ccncc4)nc32)cc1. The fraction of sp³-hybridized carbons (Fsp3) is 0.143. The van der Waals surface area contributed by atoms with Gasteiger partial charge in [-0.1, -0.05) is 17.7 Å². The zero-order valence-corrected chi connectivity index (χ0v) is 15.4. The van der Waals surface area contributed by atoms with Crippen molar-refractivity contribution in [3.05, 3.63) is 71.9 Å². The number of hydrogen-bond acceptors (Lipinski definition) is 4. The van der Waals surface area contributed by atoms with Gasteiger partial charge in [0, 0.05) is 29.3 Å². The Hall–Kier alpha value is -3.54. The summed E-state index contributed by atoms with van der Waals surface area (Å²) in [5, 5.41) is 5.63. The summed E-state index contributed by atoms with van der Waals surface area (Å²) in [6.45, 7) is 6.33. The van der Waals surface area contributed by atoms with Crippen LogP contribution in [0.2, 0.25) is 0 Å². The van der Waals surface area contributed by atoms with Crippen LogP contribution >= 0.6 is 0 Å². The van der Waals surface area contributed by atoms with Gasteiger partial charge in [-0.25, -0.2) is 14.5 Å². The lowest BCUT2D eigenvalue weighted by molar-refractivity contribution is 0.926. The summed E-state index contributed by atoms with van der Waals surface area (Å²) in [4.78, 5) is 13.6. The summed E-state index contributed by atoms with van der Waals surface area (Å²) in [5.41, 5.74) is 7.31. The van der Waals surface area contributed by atoms with E-state index in [1.807, 2.05) is 12.1 Å². The Bertz CT molecular complexity index is 1280. The van der Waals surface area contributed by atoms with Crippen molar-refractivity contribution in [3.8, 4) is 17.1 Å². The minimum absolute atomic E-state index is 0.673. The molecule has 5 rings (SSSR count). The predicted octanol–water partition coefficient (Wildman–Crippen LogP) is 4.06. The van der Waals surface area contributed by atoms with E-state index in [4.69, 9.17) is 9.97 Å². The molecule has 0 fully saturated rings. The van der Waals surface area contributed by atoms with Gasteiger partial charge in [0.15, 0.2) is 17.1 Å². The molecular weight excluding hydrogens is 336 g/mol. The topological polar surface area (TPSA) is 60.9 Å². The maximum atomic E-state index is 4.80. The molecule has 0 aliphatic carbocycles. The molecule has 0 aliphatic heterocycles. The highest BCUT2D eigenvalue weighted by molar-refractivity contribution is 5.95. The lowest BCUT2D eigenvalue weighted by Crippen LogP contribution is -1.99. The molecule has 6 heteroatoms. The molecular formula is C21H18N6. The lowest BCUT2D eigenvalue weighted by Gasteiger charge is -2.08. The van der Waals surface area contributed by atoms with Gasteiger partial charge in [-0.3, -0.25) is 9.55 Å². The van der Waals surface area contributed by atoms with Crippen LogP contribution in [0.4, 0.5) is 0 Å². The fourth-order valence-corrected chi connectivity index (χ4v) is 3.49. The van der Waals surface area contributed by atoms with Crippen molar-refractivity contribution in [1.82, 2.24) is 29.1 Å².